The number of esters is 1. The minimum Gasteiger partial charge on any atom is -0.497 e. The molecule has 10 heteroatoms. The number of hydrogen-bond donors (Lipinski definition) is 2. The predicted octanol–water partition coefficient (Wildman–Crippen LogP) is 2.63. The molecular formula is C19H17F3N2O5. The van der Waals surface area contributed by atoms with Crippen molar-refractivity contribution in [3.05, 3.63) is 59.7 Å². The molecule has 2 N–H and O–H groups in total. The molecule has 0 saturated heterocycles. The molecule has 29 heavy (non-hydrogen) atoms. The topological polar surface area (TPSA) is 93.7 Å². The molecule has 0 aliphatic heterocycles. The van der Waals surface area contributed by atoms with Gasteiger partial charge in [0.05, 0.1) is 12.7 Å². The van der Waals surface area contributed by atoms with Gasteiger partial charge in [-0.3, -0.25) is 14.4 Å². The summed E-state index contributed by atoms with van der Waals surface area (Å²) in [5.74, 6) is -1.67. The quantitative estimate of drug-likeness (QED) is 0.685. The standard InChI is InChI=1S/C19H17F3N2O5/c1-28-15-7-5-12(6-8-15)18(27)23-10-17(26)29-11-16(25)24-14-4-2-3-13(9-14)19(20,21)22/h2-9H,10-11H2,1H3,(H,23,27)(H,24,25). The fourth-order valence-corrected chi connectivity index (χ4v) is 2.16. The Hall–Kier alpha value is -3.56. The largest absolute Gasteiger partial charge is 0.497 e. The number of nitrogens with one attached hydrogen (secondary N) is 2. The van der Waals surface area contributed by atoms with Crippen molar-refractivity contribution < 1.29 is 37.0 Å². The van der Waals surface area contributed by atoms with Crippen molar-refractivity contribution >= 4 is 23.5 Å². The van der Waals surface area contributed by atoms with Crippen LogP contribution in [0.3, 0.4) is 0 Å². The van der Waals surface area contributed by atoms with Crippen molar-refractivity contribution in [2.75, 3.05) is 25.6 Å². The maximum Gasteiger partial charge on any atom is 0.416 e. The van der Waals surface area contributed by atoms with E-state index >= 15 is 0 Å². The summed E-state index contributed by atoms with van der Waals surface area (Å²) in [4.78, 5) is 35.3. The maximum absolute atomic E-state index is 12.6. The highest BCUT2D eigenvalue weighted by atomic mass is 19.4. The van der Waals surface area contributed by atoms with Crippen LogP contribution < -0.4 is 15.4 Å². The van der Waals surface area contributed by atoms with Gasteiger partial charge in [-0.25, -0.2) is 0 Å². The van der Waals surface area contributed by atoms with Crippen molar-refractivity contribution in [3.8, 4) is 5.75 Å². The van der Waals surface area contributed by atoms with Gasteiger partial charge in [-0.15, -0.1) is 0 Å². The monoisotopic (exact) mass is 410 g/mol. The van der Waals surface area contributed by atoms with Crippen LogP contribution in [-0.4, -0.2) is 38.0 Å². The summed E-state index contributed by atoms with van der Waals surface area (Å²) in [6.45, 7) is -1.20. The number of methoxy groups -OCH3 is 1. The molecule has 2 aromatic carbocycles. The van der Waals surface area contributed by atoms with Crippen molar-refractivity contribution in [2.45, 2.75) is 6.18 Å². The van der Waals surface area contributed by atoms with Gasteiger partial charge in [0, 0.05) is 11.3 Å². The zero-order chi connectivity index (χ0) is 21.4. The van der Waals surface area contributed by atoms with Crippen LogP contribution in [0.1, 0.15) is 15.9 Å². The Morgan fingerprint density at radius 1 is 1.03 bits per heavy atom. The maximum atomic E-state index is 12.6. The van der Waals surface area contributed by atoms with Gasteiger partial charge in [0.2, 0.25) is 0 Å². The first-order valence-corrected chi connectivity index (χ1v) is 8.24. The highest BCUT2D eigenvalue weighted by Gasteiger charge is 2.30. The summed E-state index contributed by atoms with van der Waals surface area (Å²) >= 11 is 0. The Labute approximate surface area is 163 Å². The van der Waals surface area contributed by atoms with Crippen LogP contribution in [0.5, 0.6) is 5.75 Å². The van der Waals surface area contributed by atoms with Crippen LogP contribution >= 0.6 is 0 Å². The lowest BCUT2D eigenvalue weighted by molar-refractivity contribution is -0.146. The van der Waals surface area contributed by atoms with Crippen molar-refractivity contribution in [2.24, 2.45) is 0 Å². The molecule has 154 valence electrons. The summed E-state index contributed by atoms with van der Waals surface area (Å²) in [6.07, 6.45) is -4.55. The van der Waals surface area contributed by atoms with E-state index in [4.69, 9.17) is 4.74 Å². The van der Waals surface area contributed by atoms with E-state index in [1.54, 1.807) is 12.1 Å². The van der Waals surface area contributed by atoms with E-state index in [1.807, 2.05) is 0 Å². The summed E-state index contributed by atoms with van der Waals surface area (Å²) in [6, 6.07) is 10.2. The lowest BCUT2D eigenvalue weighted by Crippen LogP contribution is -2.32. The molecule has 0 heterocycles. The number of ether oxygens (including phenoxy) is 2. The van der Waals surface area contributed by atoms with Gasteiger partial charge in [-0.1, -0.05) is 6.07 Å². The second-order valence-corrected chi connectivity index (χ2v) is 5.70. The van der Waals surface area contributed by atoms with Crippen LogP contribution in [0.25, 0.3) is 0 Å². The summed E-state index contributed by atoms with van der Waals surface area (Å²) in [5.41, 5.74) is -0.719. The number of anilines is 1. The molecule has 0 aromatic heterocycles. The smallest absolute Gasteiger partial charge is 0.416 e. The molecule has 0 atom stereocenters. The fourth-order valence-electron chi connectivity index (χ4n) is 2.16. The average molecular weight is 410 g/mol. The number of amides is 2. The predicted molar refractivity (Wildman–Crippen MR) is 96.4 cm³/mol. The Kier molecular flexibility index (Phi) is 7.18. The molecule has 0 aliphatic carbocycles. The molecule has 2 aromatic rings. The van der Waals surface area contributed by atoms with E-state index in [0.29, 0.717) is 11.3 Å². The molecule has 0 fully saturated rings. The molecule has 0 saturated carbocycles. The second kappa shape index (κ2) is 9.58. The molecule has 0 aliphatic rings. The zero-order valence-electron chi connectivity index (χ0n) is 15.2. The number of benzene rings is 2. The van der Waals surface area contributed by atoms with Gasteiger partial charge in [-0.2, -0.15) is 13.2 Å². The highest BCUT2D eigenvalue weighted by Crippen LogP contribution is 2.30. The molecule has 0 bridgehead atoms. The van der Waals surface area contributed by atoms with E-state index in [0.717, 1.165) is 18.2 Å². The SMILES string of the molecule is COc1ccc(C(=O)NCC(=O)OCC(=O)Nc2cccc(C(F)(F)F)c2)cc1. The number of halogens is 3. The van der Waals surface area contributed by atoms with Crippen molar-refractivity contribution in [1.29, 1.82) is 0 Å². The minimum atomic E-state index is -4.55. The van der Waals surface area contributed by atoms with Crippen LogP contribution in [-0.2, 0) is 20.5 Å². The van der Waals surface area contributed by atoms with Gasteiger partial charge in [0.1, 0.15) is 12.3 Å². The molecule has 0 radical (unpaired) electrons. The van der Waals surface area contributed by atoms with E-state index in [1.165, 1.54) is 25.3 Å². The zero-order valence-corrected chi connectivity index (χ0v) is 15.2. The summed E-state index contributed by atoms with van der Waals surface area (Å²) < 4.78 is 47.6. The van der Waals surface area contributed by atoms with Gasteiger partial charge >= 0.3 is 12.1 Å². The van der Waals surface area contributed by atoms with Crippen molar-refractivity contribution in [3.63, 3.8) is 0 Å². The summed E-state index contributed by atoms with van der Waals surface area (Å²) in [7, 11) is 1.48. The first-order valence-electron chi connectivity index (χ1n) is 8.24. The molecule has 7 nitrogen and oxygen atoms in total. The number of carbonyl (C=O) groups excluding carboxylic acids is 3. The molecular weight excluding hydrogens is 393 g/mol. The highest BCUT2D eigenvalue weighted by molar-refractivity contribution is 5.96. The third-order valence-electron chi connectivity index (χ3n) is 3.58. The van der Waals surface area contributed by atoms with Crippen LogP contribution in [0.15, 0.2) is 48.5 Å². The Bertz CT molecular complexity index is 882. The number of alkyl halides is 3. The molecule has 0 unspecified atom stereocenters. The first kappa shape index (κ1) is 21.7. The Balaban J connectivity index is 1.77. The normalized spacial score (nSPS) is 10.8. The van der Waals surface area contributed by atoms with E-state index in [2.05, 4.69) is 15.4 Å². The van der Waals surface area contributed by atoms with Gasteiger partial charge < -0.3 is 20.1 Å². The number of carbonyl (C=O) groups is 3. The average Bonchev–Trinajstić information content (AvgIpc) is 2.70. The van der Waals surface area contributed by atoms with Gasteiger partial charge in [0.25, 0.3) is 11.8 Å². The Morgan fingerprint density at radius 3 is 2.34 bits per heavy atom. The lowest BCUT2D eigenvalue weighted by Gasteiger charge is -2.10. The number of rotatable bonds is 7. The van der Waals surface area contributed by atoms with Crippen LogP contribution in [0.4, 0.5) is 18.9 Å². The van der Waals surface area contributed by atoms with Crippen LogP contribution in [0, 0.1) is 0 Å². The molecule has 0 spiro atoms. The third kappa shape index (κ3) is 6.83. The third-order valence-corrected chi connectivity index (χ3v) is 3.58. The van der Waals surface area contributed by atoms with Gasteiger partial charge in [0.15, 0.2) is 6.61 Å². The molecule has 2 rings (SSSR count). The number of hydrogen-bond acceptors (Lipinski definition) is 5. The van der Waals surface area contributed by atoms with Gasteiger partial charge in [-0.05, 0) is 42.5 Å². The van der Waals surface area contributed by atoms with E-state index in [-0.39, 0.29) is 5.69 Å². The second-order valence-electron chi connectivity index (χ2n) is 5.70. The first-order chi connectivity index (χ1) is 13.7. The van der Waals surface area contributed by atoms with E-state index in [9.17, 15) is 27.6 Å². The lowest BCUT2D eigenvalue weighted by atomic mass is 10.2. The van der Waals surface area contributed by atoms with Crippen LogP contribution in [0.2, 0.25) is 0 Å². The van der Waals surface area contributed by atoms with E-state index < -0.39 is 42.7 Å². The minimum absolute atomic E-state index is 0.0892. The summed E-state index contributed by atoms with van der Waals surface area (Å²) in [5, 5.41) is 4.52. The molecule has 2 amide bonds. The Morgan fingerprint density at radius 2 is 1.72 bits per heavy atom. The van der Waals surface area contributed by atoms with Crippen molar-refractivity contribution in [1.82, 2.24) is 5.32 Å². The fraction of sp³-hybridized carbons (Fsp3) is 0.211.